The van der Waals surface area contributed by atoms with Crippen molar-refractivity contribution in [2.24, 2.45) is 0 Å². The van der Waals surface area contributed by atoms with Gasteiger partial charge in [0.25, 0.3) is 0 Å². The van der Waals surface area contributed by atoms with E-state index in [4.69, 9.17) is 0 Å². The minimum Gasteiger partial charge on any atom is -0.388 e. The van der Waals surface area contributed by atoms with Crippen LogP contribution in [0.3, 0.4) is 0 Å². The van der Waals surface area contributed by atoms with Gasteiger partial charge in [0.05, 0.1) is 11.3 Å². The quantitative estimate of drug-likeness (QED) is 0.841. The van der Waals surface area contributed by atoms with E-state index in [1.54, 1.807) is 0 Å². The number of pyridine rings is 1. The monoisotopic (exact) mass is 263 g/mol. The molecule has 1 aromatic heterocycles. The first kappa shape index (κ1) is 14.4. The molecule has 19 heavy (non-hydrogen) atoms. The van der Waals surface area contributed by atoms with Crippen LogP contribution in [-0.2, 0) is 6.54 Å². The fourth-order valence-corrected chi connectivity index (χ4v) is 2.66. The fraction of sp³-hybridized carbons (Fsp3) is 0.667. The van der Waals surface area contributed by atoms with Crippen LogP contribution in [0, 0.1) is 6.92 Å². The molecule has 2 N–H and O–H groups in total. The lowest BCUT2D eigenvalue weighted by Gasteiger charge is -2.36. The highest BCUT2D eigenvalue weighted by atomic mass is 16.3. The fourth-order valence-electron chi connectivity index (χ4n) is 2.66. The summed E-state index contributed by atoms with van der Waals surface area (Å²) in [4.78, 5) is 6.83. The standard InChI is InChI=1S/C15H25N3O/c1-3-18(11-14-6-4-5-13(2)17-14)12-15(19)7-9-16-10-8-15/h4-6,16,19H,3,7-12H2,1-2H3. The van der Waals surface area contributed by atoms with Gasteiger partial charge in [-0.25, -0.2) is 0 Å². The van der Waals surface area contributed by atoms with Gasteiger partial charge in [0.2, 0.25) is 0 Å². The normalized spacial score (nSPS) is 18.7. The minimum atomic E-state index is -0.537. The Bertz CT molecular complexity index is 402. The summed E-state index contributed by atoms with van der Waals surface area (Å²) in [5, 5.41) is 13.9. The molecule has 0 unspecified atom stereocenters. The lowest BCUT2D eigenvalue weighted by Crippen LogP contribution is -2.49. The molecule has 0 saturated carbocycles. The zero-order valence-corrected chi connectivity index (χ0v) is 12.0. The van der Waals surface area contributed by atoms with E-state index in [0.29, 0.717) is 0 Å². The average molecular weight is 263 g/mol. The number of aryl methyl sites for hydroxylation is 1. The SMILES string of the molecule is CCN(Cc1cccc(C)n1)CC1(O)CCNCC1. The lowest BCUT2D eigenvalue weighted by molar-refractivity contribution is -0.0219. The highest BCUT2D eigenvalue weighted by Gasteiger charge is 2.30. The molecule has 0 amide bonds. The van der Waals surface area contributed by atoms with Gasteiger partial charge >= 0.3 is 0 Å². The maximum atomic E-state index is 10.6. The minimum absolute atomic E-state index is 0.537. The summed E-state index contributed by atoms with van der Waals surface area (Å²) in [5.74, 6) is 0. The molecule has 2 heterocycles. The Balaban J connectivity index is 1.96. The molecule has 0 atom stereocenters. The van der Waals surface area contributed by atoms with Gasteiger partial charge in [-0.3, -0.25) is 9.88 Å². The molecular weight excluding hydrogens is 238 g/mol. The number of hydrogen-bond donors (Lipinski definition) is 2. The summed E-state index contributed by atoms with van der Waals surface area (Å²) < 4.78 is 0. The van der Waals surface area contributed by atoms with Crippen LogP contribution in [0.25, 0.3) is 0 Å². The third-order valence-corrected chi connectivity index (χ3v) is 3.83. The van der Waals surface area contributed by atoms with E-state index in [-0.39, 0.29) is 0 Å². The number of hydrogen-bond acceptors (Lipinski definition) is 4. The number of piperidine rings is 1. The van der Waals surface area contributed by atoms with Crippen molar-refractivity contribution < 1.29 is 5.11 Å². The van der Waals surface area contributed by atoms with Gasteiger partial charge in [-0.15, -0.1) is 0 Å². The Morgan fingerprint density at radius 1 is 1.37 bits per heavy atom. The zero-order valence-electron chi connectivity index (χ0n) is 12.0. The summed E-state index contributed by atoms with van der Waals surface area (Å²) in [6.45, 7) is 8.47. The Labute approximate surface area is 115 Å². The molecule has 0 aliphatic carbocycles. The molecule has 0 aromatic carbocycles. The number of rotatable bonds is 5. The molecule has 1 saturated heterocycles. The Morgan fingerprint density at radius 2 is 2.11 bits per heavy atom. The van der Waals surface area contributed by atoms with E-state index in [9.17, 15) is 5.11 Å². The molecule has 4 heteroatoms. The van der Waals surface area contributed by atoms with Gasteiger partial charge in [0.15, 0.2) is 0 Å². The van der Waals surface area contributed by atoms with Gasteiger partial charge < -0.3 is 10.4 Å². The predicted octanol–water partition coefficient (Wildman–Crippen LogP) is 1.33. The number of nitrogens with zero attached hydrogens (tertiary/aromatic N) is 2. The van der Waals surface area contributed by atoms with Crippen molar-refractivity contribution in [2.45, 2.75) is 38.8 Å². The Kier molecular flexibility index (Phi) is 4.91. The van der Waals surface area contributed by atoms with Crippen molar-refractivity contribution >= 4 is 0 Å². The smallest absolute Gasteiger partial charge is 0.0798 e. The van der Waals surface area contributed by atoms with E-state index in [0.717, 1.165) is 57.0 Å². The maximum Gasteiger partial charge on any atom is 0.0798 e. The van der Waals surface area contributed by atoms with E-state index >= 15 is 0 Å². The molecule has 106 valence electrons. The highest BCUT2D eigenvalue weighted by molar-refractivity contribution is 5.10. The van der Waals surface area contributed by atoms with Crippen LogP contribution in [0.2, 0.25) is 0 Å². The first-order chi connectivity index (χ1) is 9.11. The van der Waals surface area contributed by atoms with Crippen molar-refractivity contribution in [3.05, 3.63) is 29.6 Å². The molecule has 0 bridgehead atoms. The van der Waals surface area contributed by atoms with Crippen LogP contribution in [0.5, 0.6) is 0 Å². The Morgan fingerprint density at radius 3 is 2.74 bits per heavy atom. The average Bonchev–Trinajstić information content (AvgIpc) is 2.38. The second-order valence-corrected chi connectivity index (χ2v) is 5.55. The molecule has 2 rings (SSSR count). The first-order valence-corrected chi connectivity index (χ1v) is 7.19. The maximum absolute atomic E-state index is 10.6. The second kappa shape index (κ2) is 6.46. The van der Waals surface area contributed by atoms with Crippen molar-refractivity contribution in [2.75, 3.05) is 26.2 Å². The number of aromatic nitrogens is 1. The van der Waals surface area contributed by atoms with E-state index in [1.165, 1.54) is 0 Å². The second-order valence-electron chi connectivity index (χ2n) is 5.55. The zero-order chi connectivity index (χ0) is 13.7. The first-order valence-electron chi connectivity index (χ1n) is 7.19. The van der Waals surface area contributed by atoms with Gasteiger partial charge in [0.1, 0.15) is 0 Å². The molecule has 0 radical (unpaired) electrons. The summed E-state index contributed by atoms with van der Waals surface area (Å²) in [6, 6.07) is 6.12. The third-order valence-electron chi connectivity index (χ3n) is 3.83. The topological polar surface area (TPSA) is 48.4 Å². The predicted molar refractivity (Wildman–Crippen MR) is 77.0 cm³/mol. The third kappa shape index (κ3) is 4.27. The van der Waals surface area contributed by atoms with Crippen molar-refractivity contribution in [1.82, 2.24) is 15.2 Å². The van der Waals surface area contributed by atoms with Crippen LogP contribution in [0.4, 0.5) is 0 Å². The molecule has 0 spiro atoms. The largest absolute Gasteiger partial charge is 0.388 e. The number of nitrogens with one attached hydrogen (secondary N) is 1. The lowest BCUT2D eigenvalue weighted by atomic mass is 9.92. The number of aliphatic hydroxyl groups is 1. The van der Waals surface area contributed by atoms with E-state index in [2.05, 4.69) is 28.2 Å². The van der Waals surface area contributed by atoms with Crippen LogP contribution in [0.15, 0.2) is 18.2 Å². The van der Waals surface area contributed by atoms with Crippen molar-refractivity contribution in [1.29, 1.82) is 0 Å². The van der Waals surface area contributed by atoms with Crippen LogP contribution in [-0.4, -0.2) is 46.8 Å². The molecule has 1 aromatic rings. The van der Waals surface area contributed by atoms with E-state index < -0.39 is 5.60 Å². The van der Waals surface area contributed by atoms with Gasteiger partial charge in [0, 0.05) is 18.8 Å². The van der Waals surface area contributed by atoms with Gasteiger partial charge in [-0.1, -0.05) is 13.0 Å². The summed E-state index contributed by atoms with van der Waals surface area (Å²) in [5.41, 5.74) is 1.60. The van der Waals surface area contributed by atoms with Gasteiger partial charge in [-0.2, -0.15) is 0 Å². The van der Waals surface area contributed by atoms with Crippen molar-refractivity contribution in [3.8, 4) is 0 Å². The molecule has 1 aliphatic rings. The molecule has 1 aliphatic heterocycles. The van der Waals surface area contributed by atoms with Crippen molar-refractivity contribution in [3.63, 3.8) is 0 Å². The van der Waals surface area contributed by atoms with E-state index in [1.807, 2.05) is 19.1 Å². The number of likely N-dealkylation sites (N-methyl/N-ethyl adjacent to an activating group) is 1. The highest BCUT2D eigenvalue weighted by Crippen LogP contribution is 2.20. The molecule has 4 nitrogen and oxygen atoms in total. The van der Waals surface area contributed by atoms with Gasteiger partial charge in [-0.05, 0) is 51.5 Å². The summed E-state index contributed by atoms with van der Waals surface area (Å²) in [7, 11) is 0. The Hall–Kier alpha value is -0.970. The summed E-state index contributed by atoms with van der Waals surface area (Å²) in [6.07, 6.45) is 1.68. The van der Waals surface area contributed by atoms with Crippen LogP contribution in [0.1, 0.15) is 31.2 Å². The molecule has 1 fully saturated rings. The molecular formula is C15H25N3O. The van der Waals surface area contributed by atoms with Crippen LogP contribution >= 0.6 is 0 Å². The van der Waals surface area contributed by atoms with Crippen LogP contribution < -0.4 is 5.32 Å². The summed E-state index contributed by atoms with van der Waals surface area (Å²) >= 11 is 0.